The summed E-state index contributed by atoms with van der Waals surface area (Å²) in [5.74, 6) is 0.441. The van der Waals surface area contributed by atoms with Crippen molar-refractivity contribution in [1.82, 2.24) is 20.9 Å². The Labute approximate surface area is 243 Å². The molecule has 0 saturated carbocycles. The van der Waals surface area contributed by atoms with Gasteiger partial charge in [0.25, 0.3) is 5.91 Å². The molecule has 1 heterocycles. The van der Waals surface area contributed by atoms with E-state index in [1.165, 1.54) is 0 Å². The second-order valence-corrected chi connectivity index (χ2v) is 11.5. The van der Waals surface area contributed by atoms with Crippen molar-refractivity contribution in [2.75, 3.05) is 13.2 Å². The lowest BCUT2D eigenvalue weighted by Gasteiger charge is -2.32. The number of amides is 1. The number of hydrogen-bond donors (Lipinski definition) is 5. The summed E-state index contributed by atoms with van der Waals surface area (Å²) in [6, 6.07) is 19.8. The highest BCUT2D eigenvalue weighted by Crippen LogP contribution is 2.20. The fourth-order valence-corrected chi connectivity index (χ4v) is 4.23. The number of rotatable bonds is 15. The lowest BCUT2D eigenvalue weighted by molar-refractivity contribution is -0.130. The van der Waals surface area contributed by atoms with E-state index in [2.05, 4.69) is 22.8 Å². The number of aromatic nitrogens is 1. The van der Waals surface area contributed by atoms with Crippen LogP contribution in [0.4, 0.5) is 0 Å². The summed E-state index contributed by atoms with van der Waals surface area (Å²) < 4.78 is 5.73. The maximum atomic E-state index is 13.0. The highest BCUT2D eigenvalue weighted by atomic mass is 16.5. The van der Waals surface area contributed by atoms with Gasteiger partial charge in [-0.3, -0.25) is 15.2 Å². The third-order valence-electron chi connectivity index (χ3n) is 6.96. The van der Waals surface area contributed by atoms with E-state index >= 15 is 0 Å². The van der Waals surface area contributed by atoms with Gasteiger partial charge in [-0.05, 0) is 53.6 Å². The molecular weight excluding hydrogens is 518 g/mol. The SMILES string of the molecule is CCCCOc1ccc(CC(NO)C(O)CN(Cc2ccc(-c3ccccn3)cc2)NC(=O)C(N)C(C)(C)C)cc1. The quantitative estimate of drug-likeness (QED) is 0.138. The number of hydroxylamine groups is 1. The second-order valence-electron chi connectivity index (χ2n) is 11.5. The Hall–Kier alpha value is -3.34. The van der Waals surface area contributed by atoms with Gasteiger partial charge >= 0.3 is 0 Å². The summed E-state index contributed by atoms with van der Waals surface area (Å²) in [4.78, 5) is 17.4. The minimum atomic E-state index is -1.01. The molecule has 9 heteroatoms. The minimum Gasteiger partial charge on any atom is -0.494 e. The van der Waals surface area contributed by atoms with Crippen molar-refractivity contribution >= 4 is 5.91 Å². The van der Waals surface area contributed by atoms with Crippen LogP contribution in [-0.4, -0.2) is 57.6 Å². The van der Waals surface area contributed by atoms with Gasteiger partial charge in [-0.15, -0.1) is 0 Å². The van der Waals surface area contributed by atoms with Gasteiger partial charge in [-0.2, -0.15) is 5.48 Å². The summed E-state index contributed by atoms with van der Waals surface area (Å²) in [6.45, 7) is 8.87. The van der Waals surface area contributed by atoms with Crippen LogP contribution in [0.1, 0.15) is 51.7 Å². The summed E-state index contributed by atoms with van der Waals surface area (Å²) in [7, 11) is 0. The first kappa shape index (κ1) is 32.2. The van der Waals surface area contributed by atoms with Crippen LogP contribution in [0.3, 0.4) is 0 Å². The molecule has 0 bridgehead atoms. The van der Waals surface area contributed by atoms with E-state index in [1.807, 2.05) is 87.5 Å². The molecule has 6 N–H and O–H groups in total. The van der Waals surface area contributed by atoms with Gasteiger partial charge in [0, 0.05) is 24.8 Å². The summed E-state index contributed by atoms with van der Waals surface area (Å²) in [5, 5.41) is 22.7. The fraction of sp³-hybridized carbons (Fsp3) is 0.438. The Morgan fingerprint density at radius 2 is 1.73 bits per heavy atom. The zero-order valence-corrected chi connectivity index (χ0v) is 24.6. The highest BCUT2D eigenvalue weighted by Gasteiger charge is 2.30. The second kappa shape index (κ2) is 15.6. The van der Waals surface area contributed by atoms with E-state index in [1.54, 1.807) is 11.2 Å². The monoisotopic (exact) mass is 563 g/mol. The Bertz CT molecular complexity index is 1180. The molecule has 3 rings (SSSR count). The number of nitrogens with one attached hydrogen (secondary N) is 2. The number of hydrazine groups is 1. The van der Waals surface area contributed by atoms with Crippen LogP contribution in [0.2, 0.25) is 0 Å². The number of nitrogens with two attached hydrogens (primary N) is 1. The van der Waals surface area contributed by atoms with Gasteiger partial charge in [0.2, 0.25) is 0 Å². The van der Waals surface area contributed by atoms with Crippen molar-refractivity contribution in [3.8, 4) is 17.0 Å². The predicted octanol–water partition coefficient (Wildman–Crippen LogP) is 4.09. The van der Waals surface area contributed by atoms with Crippen LogP contribution in [0.5, 0.6) is 5.75 Å². The number of benzene rings is 2. The van der Waals surface area contributed by atoms with Gasteiger partial charge in [-0.25, -0.2) is 5.01 Å². The Morgan fingerprint density at radius 3 is 2.32 bits per heavy atom. The van der Waals surface area contributed by atoms with Crippen LogP contribution in [0.15, 0.2) is 72.9 Å². The summed E-state index contributed by atoms with van der Waals surface area (Å²) in [5.41, 5.74) is 14.6. The molecule has 2 aromatic carbocycles. The van der Waals surface area contributed by atoms with Crippen LogP contribution < -0.4 is 21.4 Å². The Morgan fingerprint density at radius 1 is 1.05 bits per heavy atom. The molecule has 0 aliphatic rings. The maximum Gasteiger partial charge on any atom is 0.251 e. The molecule has 1 amide bonds. The molecular formula is C32H45N5O4. The zero-order valence-electron chi connectivity index (χ0n) is 24.6. The van der Waals surface area contributed by atoms with Crippen molar-refractivity contribution in [2.24, 2.45) is 11.1 Å². The third kappa shape index (κ3) is 10.2. The normalized spacial score (nSPS) is 14.0. The lowest BCUT2D eigenvalue weighted by atomic mass is 9.87. The van der Waals surface area contributed by atoms with Crippen molar-refractivity contribution in [3.05, 3.63) is 84.1 Å². The van der Waals surface area contributed by atoms with Gasteiger partial charge in [0.1, 0.15) is 5.75 Å². The van der Waals surface area contributed by atoms with Gasteiger partial charge < -0.3 is 20.8 Å². The van der Waals surface area contributed by atoms with E-state index in [4.69, 9.17) is 10.5 Å². The molecule has 3 unspecified atom stereocenters. The Kier molecular flexibility index (Phi) is 12.2. The number of aliphatic hydroxyl groups excluding tert-OH is 1. The number of nitrogens with zero attached hydrogens (tertiary/aromatic N) is 2. The molecule has 3 aromatic rings. The molecule has 9 nitrogen and oxygen atoms in total. The van der Waals surface area contributed by atoms with Crippen LogP contribution in [-0.2, 0) is 17.8 Å². The van der Waals surface area contributed by atoms with E-state index < -0.39 is 23.6 Å². The molecule has 0 aliphatic carbocycles. The molecule has 0 fully saturated rings. The summed E-state index contributed by atoms with van der Waals surface area (Å²) in [6.07, 6.45) is 3.17. The smallest absolute Gasteiger partial charge is 0.251 e. The van der Waals surface area contributed by atoms with E-state index in [0.717, 1.165) is 41.0 Å². The lowest BCUT2D eigenvalue weighted by Crippen LogP contribution is -2.56. The number of unbranched alkanes of at least 4 members (excludes halogenated alkanes) is 1. The molecule has 3 atom stereocenters. The van der Waals surface area contributed by atoms with Crippen molar-refractivity contribution in [1.29, 1.82) is 0 Å². The number of ether oxygens (including phenoxy) is 1. The average Bonchev–Trinajstić information content (AvgIpc) is 2.96. The van der Waals surface area contributed by atoms with Crippen LogP contribution in [0, 0.1) is 5.41 Å². The Balaban J connectivity index is 1.71. The standard InChI is InChI=1S/C32H45N5O4/c1-5-6-19-41-26-16-12-23(13-17-26)20-28(36-40)29(38)22-37(35-31(39)30(33)32(2,3)4)21-24-10-14-25(15-11-24)27-9-7-8-18-34-27/h7-18,28-30,36,38,40H,5-6,19-22,33H2,1-4H3,(H,35,39). The van der Waals surface area contributed by atoms with E-state index in [0.29, 0.717) is 19.6 Å². The van der Waals surface area contributed by atoms with Crippen molar-refractivity contribution in [2.45, 2.75) is 71.7 Å². The zero-order chi connectivity index (χ0) is 29.8. The van der Waals surface area contributed by atoms with Gasteiger partial charge in [0.05, 0.1) is 30.5 Å². The summed E-state index contributed by atoms with van der Waals surface area (Å²) >= 11 is 0. The minimum absolute atomic E-state index is 0.0566. The first-order valence-electron chi connectivity index (χ1n) is 14.2. The third-order valence-corrected chi connectivity index (χ3v) is 6.96. The topological polar surface area (TPSA) is 133 Å². The number of carbonyl (C=O) groups is 1. The van der Waals surface area contributed by atoms with E-state index in [9.17, 15) is 15.1 Å². The van der Waals surface area contributed by atoms with Crippen molar-refractivity contribution < 1.29 is 19.8 Å². The first-order chi connectivity index (χ1) is 19.6. The van der Waals surface area contributed by atoms with Gasteiger partial charge in [0.15, 0.2) is 0 Å². The average molecular weight is 564 g/mol. The fourth-order valence-electron chi connectivity index (χ4n) is 4.23. The van der Waals surface area contributed by atoms with Crippen molar-refractivity contribution in [3.63, 3.8) is 0 Å². The number of hydrogen-bond acceptors (Lipinski definition) is 8. The highest BCUT2D eigenvalue weighted by molar-refractivity contribution is 5.81. The van der Waals surface area contributed by atoms with E-state index in [-0.39, 0.29) is 12.5 Å². The number of aliphatic hydroxyl groups is 1. The molecule has 222 valence electrons. The molecule has 0 spiro atoms. The maximum absolute atomic E-state index is 13.0. The molecule has 0 saturated heterocycles. The largest absolute Gasteiger partial charge is 0.494 e. The van der Waals surface area contributed by atoms with Gasteiger partial charge in [-0.1, -0.05) is 76.6 Å². The predicted molar refractivity (Wildman–Crippen MR) is 161 cm³/mol. The molecule has 1 aromatic heterocycles. The first-order valence-corrected chi connectivity index (χ1v) is 14.2. The molecule has 0 radical (unpaired) electrons. The number of carbonyl (C=O) groups excluding carboxylic acids is 1. The molecule has 0 aliphatic heterocycles. The molecule has 41 heavy (non-hydrogen) atoms. The van der Waals surface area contributed by atoms with Crippen LogP contribution in [0.25, 0.3) is 11.3 Å². The number of pyridine rings is 1. The van der Waals surface area contributed by atoms with Crippen LogP contribution >= 0.6 is 0 Å².